The van der Waals surface area contributed by atoms with Crippen molar-refractivity contribution in [2.24, 2.45) is 0 Å². The molecule has 0 fully saturated rings. The van der Waals surface area contributed by atoms with E-state index in [0.717, 1.165) is 6.07 Å². The molecule has 5 heteroatoms. The van der Waals surface area contributed by atoms with E-state index < -0.39 is 11.9 Å². The van der Waals surface area contributed by atoms with E-state index in [4.69, 9.17) is 5.11 Å². The van der Waals surface area contributed by atoms with Gasteiger partial charge in [0.05, 0.1) is 6.42 Å². The third kappa shape index (κ3) is 2.40. The predicted octanol–water partition coefficient (Wildman–Crippen LogP) is 1.45. The first-order valence-electron chi connectivity index (χ1n) is 3.11. The van der Waals surface area contributed by atoms with Crippen LogP contribution in [0.25, 0.3) is 0 Å². The third-order valence-electron chi connectivity index (χ3n) is 1.24. The van der Waals surface area contributed by atoms with Crippen molar-refractivity contribution in [1.82, 2.24) is 4.98 Å². The highest BCUT2D eigenvalue weighted by molar-refractivity contribution is 14.1. The number of hydrogen-bond acceptors (Lipinski definition) is 2. The SMILES string of the molecule is O=C(O)Cc1cc(F)ncc1I. The second-order valence-electron chi connectivity index (χ2n) is 2.17. The Balaban J connectivity index is 2.97. The van der Waals surface area contributed by atoms with Crippen molar-refractivity contribution in [3.63, 3.8) is 0 Å². The summed E-state index contributed by atoms with van der Waals surface area (Å²) in [7, 11) is 0. The van der Waals surface area contributed by atoms with Crippen LogP contribution in [0.2, 0.25) is 0 Å². The number of rotatable bonds is 2. The molecule has 1 heterocycles. The molecule has 12 heavy (non-hydrogen) atoms. The smallest absolute Gasteiger partial charge is 0.307 e. The van der Waals surface area contributed by atoms with Gasteiger partial charge in [0.1, 0.15) is 0 Å². The van der Waals surface area contributed by atoms with Gasteiger partial charge in [-0.25, -0.2) is 4.98 Å². The van der Waals surface area contributed by atoms with Gasteiger partial charge in [-0.2, -0.15) is 4.39 Å². The summed E-state index contributed by atoms with van der Waals surface area (Å²) in [5, 5.41) is 8.44. The lowest BCUT2D eigenvalue weighted by Gasteiger charge is -1.99. The number of aliphatic carboxylic acids is 1. The lowest BCUT2D eigenvalue weighted by Crippen LogP contribution is -2.03. The first kappa shape index (κ1) is 9.37. The van der Waals surface area contributed by atoms with Crippen LogP contribution < -0.4 is 0 Å². The lowest BCUT2D eigenvalue weighted by molar-refractivity contribution is -0.136. The number of halogens is 2. The molecule has 0 aliphatic heterocycles. The van der Waals surface area contributed by atoms with E-state index in [9.17, 15) is 9.18 Å². The molecule has 1 rings (SSSR count). The Morgan fingerprint density at radius 1 is 1.75 bits per heavy atom. The Morgan fingerprint density at radius 3 is 3.00 bits per heavy atom. The monoisotopic (exact) mass is 281 g/mol. The second-order valence-corrected chi connectivity index (χ2v) is 3.33. The number of carbonyl (C=O) groups is 1. The van der Waals surface area contributed by atoms with Crippen molar-refractivity contribution in [3.8, 4) is 0 Å². The van der Waals surface area contributed by atoms with Crippen LogP contribution in [0.1, 0.15) is 5.56 Å². The standard InChI is InChI=1S/C7H5FINO2/c8-6-1-4(2-7(11)12)5(9)3-10-6/h1,3H,2H2,(H,11,12). The van der Waals surface area contributed by atoms with Gasteiger partial charge in [-0.05, 0) is 34.2 Å². The number of carboxylic acids is 1. The van der Waals surface area contributed by atoms with Crippen molar-refractivity contribution in [1.29, 1.82) is 0 Å². The van der Waals surface area contributed by atoms with Crippen molar-refractivity contribution >= 4 is 28.6 Å². The van der Waals surface area contributed by atoms with E-state index in [2.05, 4.69) is 4.98 Å². The molecule has 0 bridgehead atoms. The van der Waals surface area contributed by atoms with Crippen LogP contribution in [0.15, 0.2) is 12.3 Å². The zero-order valence-corrected chi connectivity index (χ0v) is 8.08. The Morgan fingerprint density at radius 2 is 2.42 bits per heavy atom. The van der Waals surface area contributed by atoms with Crippen molar-refractivity contribution in [3.05, 3.63) is 27.3 Å². The van der Waals surface area contributed by atoms with Gasteiger partial charge in [-0.15, -0.1) is 0 Å². The molecule has 0 atom stereocenters. The Hall–Kier alpha value is -0.720. The van der Waals surface area contributed by atoms with E-state index in [1.807, 2.05) is 22.6 Å². The fourth-order valence-electron chi connectivity index (χ4n) is 0.750. The highest BCUT2D eigenvalue weighted by atomic mass is 127. The van der Waals surface area contributed by atoms with Gasteiger partial charge in [0.25, 0.3) is 0 Å². The van der Waals surface area contributed by atoms with E-state index in [1.165, 1.54) is 6.20 Å². The van der Waals surface area contributed by atoms with Crippen LogP contribution >= 0.6 is 22.6 Å². The minimum Gasteiger partial charge on any atom is -0.481 e. The van der Waals surface area contributed by atoms with Gasteiger partial charge < -0.3 is 5.11 Å². The van der Waals surface area contributed by atoms with Crippen molar-refractivity contribution < 1.29 is 14.3 Å². The van der Waals surface area contributed by atoms with Gasteiger partial charge in [-0.3, -0.25) is 4.79 Å². The molecule has 0 saturated carbocycles. The second kappa shape index (κ2) is 3.79. The highest BCUT2D eigenvalue weighted by Crippen LogP contribution is 2.12. The van der Waals surface area contributed by atoms with Crippen LogP contribution in [-0.2, 0) is 11.2 Å². The molecule has 0 radical (unpaired) electrons. The maximum absolute atomic E-state index is 12.5. The van der Waals surface area contributed by atoms with E-state index in [1.54, 1.807) is 0 Å². The number of aromatic nitrogens is 1. The van der Waals surface area contributed by atoms with Gasteiger partial charge in [0, 0.05) is 9.77 Å². The van der Waals surface area contributed by atoms with Crippen LogP contribution in [0.3, 0.4) is 0 Å². The average molecular weight is 281 g/mol. The van der Waals surface area contributed by atoms with Crippen molar-refractivity contribution in [2.75, 3.05) is 0 Å². The molecule has 64 valence electrons. The molecule has 0 aliphatic carbocycles. The third-order valence-corrected chi connectivity index (χ3v) is 2.21. The summed E-state index contributed by atoms with van der Waals surface area (Å²) >= 11 is 1.92. The molecule has 1 aromatic heterocycles. The maximum atomic E-state index is 12.5. The van der Waals surface area contributed by atoms with Gasteiger partial charge in [0.2, 0.25) is 5.95 Å². The number of pyridine rings is 1. The summed E-state index contributed by atoms with van der Waals surface area (Å²) in [5.74, 6) is -1.62. The molecule has 0 spiro atoms. The Labute approximate surface area is 81.8 Å². The van der Waals surface area contributed by atoms with Crippen LogP contribution in [0, 0.1) is 9.52 Å². The first-order chi connectivity index (χ1) is 5.59. The minimum atomic E-state index is -0.974. The number of hydrogen-bond donors (Lipinski definition) is 1. The molecule has 0 saturated heterocycles. The van der Waals surface area contributed by atoms with Crippen molar-refractivity contribution in [2.45, 2.75) is 6.42 Å². The van der Waals surface area contributed by atoms with E-state index in [-0.39, 0.29) is 6.42 Å². The van der Waals surface area contributed by atoms with Crippen LogP contribution in [0.4, 0.5) is 4.39 Å². The average Bonchev–Trinajstić information content (AvgIpc) is 1.96. The molecular weight excluding hydrogens is 276 g/mol. The first-order valence-corrected chi connectivity index (χ1v) is 4.19. The molecule has 1 aromatic rings. The zero-order valence-electron chi connectivity index (χ0n) is 5.92. The Kier molecular flexibility index (Phi) is 2.96. The normalized spacial score (nSPS) is 9.83. The largest absolute Gasteiger partial charge is 0.481 e. The van der Waals surface area contributed by atoms with Gasteiger partial charge in [0.15, 0.2) is 0 Å². The number of nitrogens with zero attached hydrogens (tertiary/aromatic N) is 1. The summed E-state index contributed by atoms with van der Waals surface area (Å²) in [5.41, 5.74) is 0.454. The molecule has 3 nitrogen and oxygen atoms in total. The predicted molar refractivity (Wildman–Crippen MR) is 48.3 cm³/mol. The van der Waals surface area contributed by atoms with Gasteiger partial charge in [-0.1, -0.05) is 0 Å². The highest BCUT2D eigenvalue weighted by Gasteiger charge is 2.06. The molecule has 0 amide bonds. The quantitative estimate of drug-likeness (QED) is 0.659. The number of carboxylic acid groups (broad SMARTS) is 1. The lowest BCUT2D eigenvalue weighted by atomic mass is 10.2. The topological polar surface area (TPSA) is 50.2 Å². The fourth-order valence-corrected chi connectivity index (χ4v) is 1.24. The fraction of sp³-hybridized carbons (Fsp3) is 0.143. The van der Waals surface area contributed by atoms with Gasteiger partial charge >= 0.3 is 5.97 Å². The minimum absolute atomic E-state index is 0.169. The zero-order chi connectivity index (χ0) is 9.14. The van der Waals surface area contributed by atoms with Crippen LogP contribution in [-0.4, -0.2) is 16.1 Å². The molecule has 0 aliphatic rings. The Bertz CT molecular complexity index is 316. The molecule has 1 N–H and O–H groups in total. The molecule has 0 aromatic carbocycles. The summed E-state index contributed by atoms with van der Waals surface area (Å²) in [4.78, 5) is 13.7. The van der Waals surface area contributed by atoms with E-state index in [0.29, 0.717) is 9.13 Å². The molecule has 0 unspecified atom stereocenters. The summed E-state index contributed by atoms with van der Waals surface area (Å²) in [6.45, 7) is 0. The van der Waals surface area contributed by atoms with Crippen LogP contribution in [0.5, 0.6) is 0 Å². The maximum Gasteiger partial charge on any atom is 0.307 e. The summed E-state index contributed by atoms with van der Waals surface area (Å²) in [6, 6.07) is 1.13. The molecular formula is C7H5FINO2. The summed E-state index contributed by atoms with van der Waals surface area (Å²) < 4.78 is 13.2. The van der Waals surface area contributed by atoms with E-state index >= 15 is 0 Å². The summed E-state index contributed by atoms with van der Waals surface area (Å²) in [6.07, 6.45) is 1.14.